The second-order valence-electron chi connectivity index (χ2n) is 3.14. The Kier molecular flexibility index (Phi) is 4.22. The molecule has 0 spiro atoms. The molecule has 0 aliphatic heterocycles. The molecular weight excluding hydrogens is 259 g/mol. The highest BCUT2D eigenvalue weighted by Gasteiger charge is 2.28. The van der Waals surface area contributed by atoms with Gasteiger partial charge in [0.25, 0.3) is 5.91 Å². The Morgan fingerprint density at radius 1 is 1.47 bits per heavy atom. The minimum atomic E-state index is -4.46. The Labute approximate surface area is 101 Å². The van der Waals surface area contributed by atoms with Crippen molar-refractivity contribution < 1.29 is 22.7 Å². The molecule has 0 aliphatic rings. The molecule has 0 saturated heterocycles. The number of halogens is 4. The molecule has 0 aliphatic carbocycles. The summed E-state index contributed by atoms with van der Waals surface area (Å²) < 4.78 is 40.6. The fraction of sp³-hybridized carbons (Fsp3) is 0.300. The molecule has 7 heteroatoms. The van der Waals surface area contributed by atoms with Gasteiger partial charge >= 0.3 is 6.18 Å². The molecule has 0 radical (unpaired) electrons. The number of ether oxygens (including phenoxy) is 1. The van der Waals surface area contributed by atoms with E-state index in [1.54, 1.807) is 5.32 Å². The van der Waals surface area contributed by atoms with Crippen LogP contribution in [0.25, 0.3) is 0 Å². The Morgan fingerprint density at radius 2 is 2.12 bits per heavy atom. The van der Waals surface area contributed by atoms with E-state index < -0.39 is 18.6 Å². The Bertz CT molecular complexity index is 421. The molecule has 0 aromatic heterocycles. The molecule has 1 N–H and O–H groups in total. The van der Waals surface area contributed by atoms with Gasteiger partial charge in [-0.25, -0.2) is 0 Å². The van der Waals surface area contributed by atoms with Gasteiger partial charge in [0.2, 0.25) is 0 Å². The first kappa shape index (κ1) is 13.6. The number of amides is 1. The first-order valence-corrected chi connectivity index (χ1v) is 4.90. The first-order valence-electron chi connectivity index (χ1n) is 4.52. The average Bonchev–Trinajstić information content (AvgIpc) is 2.25. The third kappa shape index (κ3) is 4.14. The van der Waals surface area contributed by atoms with E-state index in [9.17, 15) is 18.0 Å². The summed E-state index contributed by atoms with van der Waals surface area (Å²) in [5, 5.41) is 1.79. The van der Waals surface area contributed by atoms with Crippen LogP contribution < -0.4 is 10.1 Å². The van der Waals surface area contributed by atoms with Gasteiger partial charge in [-0.3, -0.25) is 4.79 Å². The minimum Gasteiger partial charge on any atom is -0.497 e. The normalized spacial score (nSPS) is 11.1. The highest BCUT2D eigenvalue weighted by atomic mass is 35.5. The first-order chi connectivity index (χ1) is 7.83. The zero-order valence-corrected chi connectivity index (χ0v) is 9.52. The van der Waals surface area contributed by atoms with Crippen molar-refractivity contribution in [3.8, 4) is 5.75 Å². The second kappa shape index (κ2) is 5.27. The molecule has 0 unspecified atom stereocenters. The molecule has 1 amide bonds. The van der Waals surface area contributed by atoms with Crippen LogP contribution in [0.3, 0.4) is 0 Å². The molecular formula is C10H9ClF3NO2. The molecule has 94 valence electrons. The number of benzene rings is 1. The van der Waals surface area contributed by atoms with Crippen molar-refractivity contribution in [2.75, 3.05) is 13.7 Å². The van der Waals surface area contributed by atoms with E-state index in [0.717, 1.165) is 0 Å². The summed E-state index contributed by atoms with van der Waals surface area (Å²) in [7, 11) is 1.38. The summed E-state index contributed by atoms with van der Waals surface area (Å²) in [6, 6.07) is 4.15. The van der Waals surface area contributed by atoms with Crippen molar-refractivity contribution in [2.24, 2.45) is 0 Å². The van der Waals surface area contributed by atoms with E-state index in [1.165, 1.54) is 25.3 Å². The maximum Gasteiger partial charge on any atom is 0.405 e. The van der Waals surface area contributed by atoms with Crippen LogP contribution in [0.5, 0.6) is 5.75 Å². The molecule has 17 heavy (non-hydrogen) atoms. The predicted molar refractivity (Wildman–Crippen MR) is 56.4 cm³/mol. The molecule has 0 heterocycles. The second-order valence-corrected chi connectivity index (χ2v) is 3.55. The maximum atomic E-state index is 11.9. The van der Waals surface area contributed by atoms with Gasteiger partial charge in [0.15, 0.2) is 0 Å². The quantitative estimate of drug-likeness (QED) is 0.914. The van der Waals surface area contributed by atoms with Gasteiger partial charge in [0.1, 0.15) is 12.3 Å². The number of hydrogen-bond acceptors (Lipinski definition) is 2. The number of hydrogen-bond donors (Lipinski definition) is 1. The SMILES string of the molecule is COc1ccc(Cl)c(C(=O)NCC(F)(F)F)c1. The van der Waals surface area contributed by atoms with Crippen LogP contribution in [0.2, 0.25) is 5.02 Å². The molecule has 3 nitrogen and oxygen atoms in total. The smallest absolute Gasteiger partial charge is 0.405 e. The van der Waals surface area contributed by atoms with Crippen molar-refractivity contribution >= 4 is 17.5 Å². The summed E-state index contributed by atoms with van der Waals surface area (Å²) in [5.74, 6) is -0.558. The van der Waals surface area contributed by atoms with Crippen molar-refractivity contribution in [2.45, 2.75) is 6.18 Å². The number of carbonyl (C=O) groups is 1. The Hall–Kier alpha value is -1.43. The zero-order valence-electron chi connectivity index (χ0n) is 8.77. The number of methoxy groups -OCH3 is 1. The predicted octanol–water partition coefficient (Wildman–Crippen LogP) is 2.64. The third-order valence-corrected chi connectivity index (χ3v) is 2.20. The molecule has 0 saturated carbocycles. The van der Waals surface area contributed by atoms with E-state index in [1.807, 2.05) is 0 Å². The third-order valence-electron chi connectivity index (χ3n) is 1.87. The summed E-state index contributed by atoms with van der Waals surface area (Å²) in [6.45, 7) is -1.40. The molecule has 0 fully saturated rings. The number of rotatable bonds is 3. The van der Waals surface area contributed by atoms with Crippen LogP contribution in [0.1, 0.15) is 10.4 Å². The largest absolute Gasteiger partial charge is 0.497 e. The lowest BCUT2D eigenvalue weighted by molar-refractivity contribution is -0.123. The summed E-state index contributed by atoms with van der Waals surface area (Å²) in [4.78, 5) is 11.4. The minimum absolute atomic E-state index is 0.0599. The number of alkyl halides is 3. The number of nitrogens with one attached hydrogen (secondary N) is 1. The van der Waals surface area contributed by atoms with Gasteiger partial charge in [-0.1, -0.05) is 11.6 Å². The van der Waals surface area contributed by atoms with Gasteiger partial charge in [-0.2, -0.15) is 13.2 Å². The van der Waals surface area contributed by atoms with Crippen molar-refractivity contribution in [3.63, 3.8) is 0 Å². The van der Waals surface area contributed by atoms with Crippen LogP contribution in [0.4, 0.5) is 13.2 Å². The summed E-state index contributed by atoms with van der Waals surface area (Å²) >= 11 is 5.70. The number of carbonyl (C=O) groups excluding carboxylic acids is 1. The van der Waals surface area contributed by atoms with E-state index in [0.29, 0.717) is 5.75 Å². The lowest BCUT2D eigenvalue weighted by atomic mass is 10.2. The van der Waals surface area contributed by atoms with E-state index in [2.05, 4.69) is 0 Å². The molecule has 1 aromatic rings. The van der Waals surface area contributed by atoms with Crippen molar-refractivity contribution in [1.82, 2.24) is 5.32 Å². The monoisotopic (exact) mass is 267 g/mol. The van der Waals surface area contributed by atoms with E-state index >= 15 is 0 Å². The van der Waals surface area contributed by atoms with Gasteiger partial charge in [0.05, 0.1) is 17.7 Å². The van der Waals surface area contributed by atoms with Gasteiger partial charge in [-0.15, -0.1) is 0 Å². The van der Waals surface area contributed by atoms with Crippen molar-refractivity contribution in [3.05, 3.63) is 28.8 Å². The van der Waals surface area contributed by atoms with Crippen LogP contribution in [-0.4, -0.2) is 25.7 Å². The Morgan fingerprint density at radius 3 is 2.65 bits per heavy atom. The lowest BCUT2D eigenvalue weighted by Gasteiger charge is -2.10. The van der Waals surface area contributed by atoms with Gasteiger partial charge < -0.3 is 10.1 Å². The zero-order chi connectivity index (χ0) is 13.1. The summed E-state index contributed by atoms with van der Waals surface area (Å²) in [5.41, 5.74) is -0.0599. The highest BCUT2D eigenvalue weighted by Crippen LogP contribution is 2.22. The molecule has 0 atom stereocenters. The van der Waals surface area contributed by atoms with Crippen LogP contribution in [0, 0.1) is 0 Å². The highest BCUT2D eigenvalue weighted by molar-refractivity contribution is 6.33. The van der Waals surface area contributed by atoms with Crippen molar-refractivity contribution in [1.29, 1.82) is 0 Å². The van der Waals surface area contributed by atoms with Crippen LogP contribution >= 0.6 is 11.6 Å². The van der Waals surface area contributed by atoms with E-state index in [-0.39, 0.29) is 10.6 Å². The fourth-order valence-electron chi connectivity index (χ4n) is 1.08. The fourth-order valence-corrected chi connectivity index (χ4v) is 1.28. The van der Waals surface area contributed by atoms with E-state index in [4.69, 9.17) is 16.3 Å². The van der Waals surface area contributed by atoms with Crippen LogP contribution in [0.15, 0.2) is 18.2 Å². The molecule has 1 rings (SSSR count). The topological polar surface area (TPSA) is 38.3 Å². The summed E-state index contributed by atoms with van der Waals surface area (Å²) in [6.07, 6.45) is -4.46. The average molecular weight is 268 g/mol. The lowest BCUT2D eigenvalue weighted by Crippen LogP contribution is -2.33. The molecule has 0 bridgehead atoms. The van der Waals surface area contributed by atoms with Crippen LogP contribution in [-0.2, 0) is 0 Å². The molecule has 1 aromatic carbocycles. The maximum absolute atomic E-state index is 11.9. The van der Waals surface area contributed by atoms with Gasteiger partial charge in [0, 0.05) is 0 Å². The Balaban J connectivity index is 2.81. The van der Waals surface area contributed by atoms with Gasteiger partial charge in [-0.05, 0) is 18.2 Å². The standard InChI is InChI=1S/C10H9ClF3NO2/c1-17-6-2-3-8(11)7(4-6)9(16)15-5-10(12,13)14/h2-4H,5H2,1H3,(H,15,16).